The summed E-state index contributed by atoms with van der Waals surface area (Å²) >= 11 is 5.86. The summed E-state index contributed by atoms with van der Waals surface area (Å²) in [5, 5.41) is 12.6. The number of carbonyl (C=O) groups is 1. The molecule has 0 radical (unpaired) electrons. The summed E-state index contributed by atoms with van der Waals surface area (Å²) in [5.41, 5.74) is 1.31. The van der Waals surface area contributed by atoms with Gasteiger partial charge >= 0.3 is 12.1 Å². The van der Waals surface area contributed by atoms with Gasteiger partial charge in [0.2, 0.25) is 0 Å². The van der Waals surface area contributed by atoms with Gasteiger partial charge in [0.1, 0.15) is 0 Å². The van der Waals surface area contributed by atoms with Gasteiger partial charge in [0.15, 0.2) is 6.10 Å². The zero-order valence-corrected chi connectivity index (χ0v) is 16.1. The van der Waals surface area contributed by atoms with Crippen molar-refractivity contribution >= 4 is 28.9 Å². The van der Waals surface area contributed by atoms with Crippen molar-refractivity contribution in [2.45, 2.75) is 38.0 Å². The van der Waals surface area contributed by atoms with Gasteiger partial charge in [0.25, 0.3) is 0 Å². The second-order valence-corrected chi connectivity index (χ2v) is 6.78. The van der Waals surface area contributed by atoms with E-state index >= 15 is 0 Å². The number of carboxylic acid groups (broad SMARTS) is 1. The maximum Gasteiger partial charge on any atom is 0.418 e. The van der Waals surface area contributed by atoms with Crippen molar-refractivity contribution in [1.29, 1.82) is 0 Å². The minimum Gasteiger partial charge on any atom is -0.481 e. The lowest BCUT2D eigenvalue weighted by atomic mass is 9.91. The van der Waals surface area contributed by atoms with Gasteiger partial charge in [-0.1, -0.05) is 30.7 Å². The lowest BCUT2D eigenvalue weighted by Crippen LogP contribution is -2.23. The van der Waals surface area contributed by atoms with Gasteiger partial charge in [-0.3, -0.25) is 4.79 Å². The van der Waals surface area contributed by atoms with Gasteiger partial charge in [-0.2, -0.15) is 13.2 Å². The Morgan fingerprint density at radius 3 is 2.36 bits per heavy atom. The van der Waals surface area contributed by atoms with Crippen LogP contribution in [0.15, 0.2) is 42.5 Å². The maximum absolute atomic E-state index is 13.4. The molecule has 0 fully saturated rings. The predicted molar refractivity (Wildman–Crippen MR) is 102 cm³/mol. The molecule has 2 rings (SSSR count). The highest BCUT2D eigenvalue weighted by atomic mass is 35.5. The van der Waals surface area contributed by atoms with E-state index in [1.54, 1.807) is 30.3 Å². The molecular formula is C20H21ClF3NO3. The monoisotopic (exact) mass is 415 g/mol. The van der Waals surface area contributed by atoms with E-state index in [-0.39, 0.29) is 23.6 Å². The van der Waals surface area contributed by atoms with Crippen LogP contribution in [0.1, 0.15) is 42.9 Å². The Labute approximate surface area is 166 Å². The van der Waals surface area contributed by atoms with Crippen LogP contribution in [0, 0.1) is 0 Å². The number of anilines is 2. The Kier molecular flexibility index (Phi) is 7.32. The molecule has 0 bridgehead atoms. The minimum atomic E-state index is -4.60. The first-order valence-corrected chi connectivity index (χ1v) is 9.01. The van der Waals surface area contributed by atoms with Gasteiger partial charge in [-0.15, -0.1) is 0 Å². The minimum absolute atomic E-state index is 0.0844. The molecule has 4 nitrogen and oxygen atoms in total. The predicted octanol–water partition coefficient (Wildman–Crippen LogP) is 6.30. The Morgan fingerprint density at radius 1 is 1.21 bits per heavy atom. The van der Waals surface area contributed by atoms with Crippen molar-refractivity contribution in [1.82, 2.24) is 0 Å². The Bertz CT molecular complexity index is 809. The number of ether oxygens (including phenoxy) is 1. The fourth-order valence-corrected chi connectivity index (χ4v) is 3.13. The molecule has 0 saturated heterocycles. The third-order valence-corrected chi connectivity index (χ3v) is 4.65. The third kappa shape index (κ3) is 5.62. The molecule has 8 heteroatoms. The Hall–Kier alpha value is -2.25. The van der Waals surface area contributed by atoms with Crippen LogP contribution in [0.4, 0.5) is 24.5 Å². The van der Waals surface area contributed by atoms with E-state index in [2.05, 4.69) is 5.32 Å². The zero-order chi connectivity index (χ0) is 20.9. The molecule has 2 aromatic carbocycles. The van der Waals surface area contributed by atoms with Crippen LogP contribution in [-0.4, -0.2) is 24.4 Å². The molecule has 1 unspecified atom stereocenters. The number of carboxylic acids is 1. The number of hydrogen-bond acceptors (Lipinski definition) is 3. The van der Waals surface area contributed by atoms with Crippen molar-refractivity contribution in [3.8, 4) is 0 Å². The zero-order valence-electron chi connectivity index (χ0n) is 15.4. The lowest BCUT2D eigenvalue weighted by Gasteiger charge is -2.24. The standard InChI is InChI=1S/C20H21ClF3NO3/c1-3-12(11-18(26)27)13-4-9-16(19(28-2)20(22,23)24)17(10-13)25-15-7-5-14(21)6-8-15/h4-10,12,19,25H,3,11H2,1-2H3,(H,26,27)/t12?,19-/m1/s1. The van der Waals surface area contributed by atoms with Crippen LogP contribution >= 0.6 is 11.6 Å². The molecule has 0 heterocycles. The fourth-order valence-electron chi connectivity index (χ4n) is 3.00. The molecule has 2 aromatic rings. The van der Waals surface area contributed by atoms with Crippen LogP contribution in [0.2, 0.25) is 5.02 Å². The molecule has 0 saturated carbocycles. The van der Waals surface area contributed by atoms with E-state index < -0.39 is 18.2 Å². The highest BCUT2D eigenvalue weighted by molar-refractivity contribution is 6.30. The second kappa shape index (κ2) is 9.30. The summed E-state index contributed by atoms with van der Waals surface area (Å²) in [5.74, 6) is -1.28. The quantitative estimate of drug-likeness (QED) is 0.531. The average molecular weight is 416 g/mol. The molecule has 0 aliphatic carbocycles. The number of halogens is 4. The van der Waals surface area contributed by atoms with Crippen molar-refractivity contribution < 1.29 is 27.8 Å². The van der Waals surface area contributed by atoms with E-state index in [0.717, 1.165) is 7.11 Å². The third-order valence-electron chi connectivity index (χ3n) is 4.40. The van der Waals surface area contributed by atoms with Crippen LogP contribution in [0.5, 0.6) is 0 Å². The van der Waals surface area contributed by atoms with Crippen molar-refractivity contribution in [3.63, 3.8) is 0 Å². The Balaban J connectivity index is 2.51. The normalized spacial score (nSPS) is 13.8. The second-order valence-electron chi connectivity index (χ2n) is 6.34. The molecule has 0 amide bonds. The largest absolute Gasteiger partial charge is 0.481 e. The molecular weight excluding hydrogens is 395 g/mol. The Morgan fingerprint density at radius 2 is 1.86 bits per heavy atom. The van der Waals surface area contributed by atoms with Crippen LogP contribution in [-0.2, 0) is 9.53 Å². The molecule has 2 atom stereocenters. The molecule has 28 heavy (non-hydrogen) atoms. The topological polar surface area (TPSA) is 58.6 Å². The molecule has 152 valence electrons. The summed E-state index contributed by atoms with van der Waals surface area (Å²) in [6.45, 7) is 1.83. The van der Waals surface area contributed by atoms with Crippen LogP contribution in [0.25, 0.3) is 0 Å². The van der Waals surface area contributed by atoms with Gasteiger partial charge < -0.3 is 15.2 Å². The van der Waals surface area contributed by atoms with Gasteiger partial charge in [-0.25, -0.2) is 0 Å². The molecule has 0 aliphatic heterocycles. The molecule has 0 aromatic heterocycles. The summed E-state index contributed by atoms with van der Waals surface area (Å²) in [6.07, 6.45) is -6.28. The van der Waals surface area contributed by atoms with E-state index in [0.29, 0.717) is 22.7 Å². The SMILES string of the molecule is CCC(CC(=O)O)c1ccc([C@@H](OC)C(F)(F)F)c(Nc2ccc(Cl)cc2)c1. The fraction of sp³-hybridized carbons (Fsp3) is 0.350. The van der Waals surface area contributed by atoms with Crippen LogP contribution < -0.4 is 5.32 Å². The van der Waals surface area contributed by atoms with Gasteiger partial charge in [0, 0.05) is 29.1 Å². The number of rotatable bonds is 8. The lowest BCUT2D eigenvalue weighted by molar-refractivity contribution is -0.215. The summed E-state index contributed by atoms with van der Waals surface area (Å²) in [4.78, 5) is 11.1. The highest BCUT2D eigenvalue weighted by Crippen LogP contribution is 2.41. The number of methoxy groups -OCH3 is 1. The summed E-state index contributed by atoms with van der Waals surface area (Å²) in [6, 6.07) is 10.9. The molecule has 0 spiro atoms. The number of nitrogens with one attached hydrogen (secondary N) is 1. The van der Waals surface area contributed by atoms with E-state index in [1.165, 1.54) is 12.1 Å². The first kappa shape index (κ1) is 22.0. The van der Waals surface area contributed by atoms with E-state index in [9.17, 15) is 18.0 Å². The van der Waals surface area contributed by atoms with E-state index in [4.69, 9.17) is 21.4 Å². The van der Waals surface area contributed by atoms with Crippen LogP contribution in [0.3, 0.4) is 0 Å². The number of hydrogen-bond donors (Lipinski definition) is 2. The number of aliphatic carboxylic acids is 1. The van der Waals surface area contributed by atoms with Crippen molar-refractivity contribution in [2.75, 3.05) is 12.4 Å². The van der Waals surface area contributed by atoms with Gasteiger partial charge in [-0.05, 0) is 48.2 Å². The van der Waals surface area contributed by atoms with E-state index in [1.807, 2.05) is 6.92 Å². The molecule has 0 aliphatic rings. The summed E-state index contributed by atoms with van der Waals surface area (Å²) < 4.78 is 45.0. The maximum atomic E-state index is 13.4. The van der Waals surface area contributed by atoms with Gasteiger partial charge in [0.05, 0.1) is 6.42 Å². The first-order valence-electron chi connectivity index (χ1n) is 8.63. The average Bonchev–Trinajstić information content (AvgIpc) is 2.62. The number of benzene rings is 2. The smallest absolute Gasteiger partial charge is 0.418 e. The number of alkyl halides is 3. The first-order chi connectivity index (χ1) is 13.2. The highest BCUT2D eigenvalue weighted by Gasteiger charge is 2.42. The van der Waals surface area contributed by atoms with Crippen molar-refractivity contribution in [3.05, 3.63) is 58.6 Å². The van der Waals surface area contributed by atoms with Crippen molar-refractivity contribution in [2.24, 2.45) is 0 Å². The summed E-state index contributed by atoms with van der Waals surface area (Å²) in [7, 11) is 0.997. The molecule has 2 N–H and O–H groups in total.